The van der Waals surface area contributed by atoms with E-state index in [9.17, 15) is 4.79 Å². The minimum atomic E-state index is -1.53. The lowest BCUT2D eigenvalue weighted by atomic mass is 10.1. The standard InChI is InChI=1S/C11H12Cl3NOS/c1-7-5-3-4-6-8(7)9(16)15-10(17-2)11(12,13)14/h3-6,10H,1-2H3,(H,15,16). The summed E-state index contributed by atoms with van der Waals surface area (Å²) in [5.74, 6) is -0.242. The van der Waals surface area contributed by atoms with Crippen LogP contribution in [0.1, 0.15) is 15.9 Å². The maximum Gasteiger partial charge on any atom is 0.252 e. The highest BCUT2D eigenvalue weighted by atomic mass is 35.6. The topological polar surface area (TPSA) is 29.1 Å². The van der Waals surface area contributed by atoms with Crippen molar-refractivity contribution in [1.82, 2.24) is 5.32 Å². The van der Waals surface area contributed by atoms with Gasteiger partial charge in [0.1, 0.15) is 5.37 Å². The molecule has 1 aromatic rings. The summed E-state index contributed by atoms with van der Waals surface area (Å²) in [6.45, 7) is 1.86. The van der Waals surface area contributed by atoms with Gasteiger partial charge in [-0.05, 0) is 24.8 Å². The van der Waals surface area contributed by atoms with E-state index in [-0.39, 0.29) is 5.91 Å². The Labute approximate surface area is 120 Å². The number of benzene rings is 1. The van der Waals surface area contributed by atoms with E-state index >= 15 is 0 Å². The molecular weight excluding hydrogens is 301 g/mol. The molecule has 1 unspecified atom stereocenters. The Hall–Kier alpha value is -0.0900. The lowest BCUT2D eigenvalue weighted by molar-refractivity contribution is 0.0949. The molecule has 0 fully saturated rings. The Morgan fingerprint density at radius 2 is 1.94 bits per heavy atom. The molecule has 1 rings (SSSR count). The quantitative estimate of drug-likeness (QED) is 0.680. The minimum Gasteiger partial charge on any atom is -0.336 e. The van der Waals surface area contributed by atoms with Gasteiger partial charge >= 0.3 is 0 Å². The van der Waals surface area contributed by atoms with Crippen LogP contribution in [0.15, 0.2) is 24.3 Å². The van der Waals surface area contributed by atoms with Crippen molar-refractivity contribution in [2.24, 2.45) is 0 Å². The predicted molar refractivity (Wildman–Crippen MR) is 76.2 cm³/mol. The Morgan fingerprint density at radius 3 is 2.41 bits per heavy atom. The number of halogens is 3. The summed E-state index contributed by atoms with van der Waals surface area (Å²) in [5, 5.41) is 2.11. The maximum absolute atomic E-state index is 12.0. The Balaban J connectivity index is 2.83. The third-order valence-electron chi connectivity index (χ3n) is 2.18. The van der Waals surface area contributed by atoms with Crippen molar-refractivity contribution in [3.05, 3.63) is 35.4 Å². The van der Waals surface area contributed by atoms with E-state index in [0.717, 1.165) is 5.56 Å². The van der Waals surface area contributed by atoms with Gasteiger partial charge in [0.2, 0.25) is 3.79 Å². The molecule has 1 amide bonds. The predicted octanol–water partition coefficient (Wildman–Crippen LogP) is 3.78. The molecule has 0 aliphatic heterocycles. The molecule has 0 bridgehead atoms. The molecular formula is C11H12Cl3NOS. The zero-order valence-electron chi connectivity index (χ0n) is 9.34. The second kappa shape index (κ2) is 6.19. The van der Waals surface area contributed by atoms with Gasteiger partial charge in [-0.25, -0.2) is 0 Å². The average molecular weight is 313 g/mol. The van der Waals surface area contributed by atoms with Crippen molar-refractivity contribution >= 4 is 52.5 Å². The third kappa shape index (κ3) is 4.25. The fraction of sp³-hybridized carbons (Fsp3) is 0.364. The maximum atomic E-state index is 12.0. The number of hydrogen-bond donors (Lipinski definition) is 1. The van der Waals surface area contributed by atoms with Gasteiger partial charge in [-0.1, -0.05) is 53.0 Å². The van der Waals surface area contributed by atoms with Crippen LogP contribution in [-0.4, -0.2) is 21.3 Å². The van der Waals surface area contributed by atoms with Crippen molar-refractivity contribution in [3.63, 3.8) is 0 Å². The van der Waals surface area contributed by atoms with E-state index in [2.05, 4.69) is 5.32 Å². The Kier molecular flexibility index (Phi) is 5.45. The number of hydrogen-bond acceptors (Lipinski definition) is 2. The molecule has 17 heavy (non-hydrogen) atoms. The van der Waals surface area contributed by atoms with Crippen LogP contribution in [0.5, 0.6) is 0 Å². The molecule has 6 heteroatoms. The molecule has 0 saturated carbocycles. The smallest absolute Gasteiger partial charge is 0.252 e. The molecule has 2 nitrogen and oxygen atoms in total. The number of thioether (sulfide) groups is 1. The van der Waals surface area contributed by atoms with E-state index in [1.165, 1.54) is 11.8 Å². The molecule has 0 spiro atoms. The first kappa shape index (κ1) is 15.0. The van der Waals surface area contributed by atoms with E-state index in [1.807, 2.05) is 19.1 Å². The molecule has 0 heterocycles. The largest absolute Gasteiger partial charge is 0.336 e. The number of alkyl halides is 3. The summed E-state index contributed by atoms with van der Waals surface area (Å²) in [6, 6.07) is 7.26. The van der Waals surface area contributed by atoms with Crippen molar-refractivity contribution < 1.29 is 4.79 Å². The molecule has 1 N–H and O–H groups in total. The Morgan fingerprint density at radius 1 is 1.35 bits per heavy atom. The van der Waals surface area contributed by atoms with Crippen LogP contribution < -0.4 is 5.32 Å². The second-order valence-electron chi connectivity index (χ2n) is 3.45. The van der Waals surface area contributed by atoms with Gasteiger partial charge in [-0.15, -0.1) is 11.8 Å². The molecule has 0 aromatic heterocycles. The molecule has 1 aromatic carbocycles. The van der Waals surface area contributed by atoms with Gasteiger partial charge in [0.15, 0.2) is 0 Å². The van der Waals surface area contributed by atoms with Crippen molar-refractivity contribution in [2.75, 3.05) is 6.26 Å². The van der Waals surface area contributed by atoms with Crippen LogP contribution in [0.25, 0.3) is 0 Å². The summed E-state index contributed by atoms with van der Waals surface area (Å²) in [5.41, 5.74) is 1.47. The summed E-state index contributed by atoms with van der Waals surface area (Å²) in [6.07, 6.45) is 1.77. The van der Waals surface area contributed by atoms with E-state index in [0.29, 0.717) is 5.56 Å². The molecule has 0 aliphatic carbocycles. The van der Waals surface area contributed by atoms with Crippen LogP contribution in [0.4, 0.5) is 0 Å². The van der Waals surface area contributed by atoms with Gasteiger partial charge < -0.3 is 5.32 Å². The fourth-order valence-corrected chi connectivity index (χ4v) is 2.76. The monoisotopic (exact) mass is 311 g/mol. The van der Waals surface area contributed by atoms with Crippen LogP contribution in [0.2, 0.25) is 0 Å². The number of rotatable bonds is 3. The van der Waals surface area contributed by atoms with E-state index in [4.69, 9.17) is 34.8 Å². The SMILES string of the molecule is CSC(NC(=O)c1ccccc1C)C(Cl)(Cl)Cl. The van der Waals surface area contributed by atoms with Gasteiger partial charge in [0, 0.05) is 5.56 Å². The number of carbonyl (C=O) groups excluding carboxylic acids is 1. The van der Waals surface area contributed by atoms with Crippen molar-refractivity contribution in [3.8, 4) is 0 Å². The summed E-state index contributed by atoms with van der Waals surface area (Å²) in [4.78, 5) is 12.0. The summed E-state index contributed by atoms with van der Waals surface area (Å²) in [7, 11) is 0. The first-order valence-electron chi connectivity index (χ1n) is 4.82. The highest BCUT2D eigenvalue weighted by molar-refractivity contribution is 7.99. The molecule has 0 radical (unpaired) electrons. The zero-order valence-corrected chi connectivity index (χ0v) is 12.4. The third-order valence-corrected chi connectivity index (χ3v) is 4.17. The number of carbonyl (C=O) groups is 1. The lowest BCUT2D eigenvalue weighted by Gasteiger charge is -2.23. The highest BCUT2D eigenvalue weighted by Crippen LogP contribution is 2.35. The molecule has 0 saturated heterocycles. The summed E-state index contributed by atoms with van der Waals surface area (Å²) < 4.78 is -1.53. The van der Waals surface area contributed by atoms with E-state index in [1.54, 1.807) is 18.4 Å². The van der Waals surface area contributed by atoms with Crippen molar-refractivity contribution in [1.29, 1.82) is 0 Å². The molecule has 1 atom stereocenters. The zero-order chi connectivity index (χ0) is 13.1. The van der Waals surface area contributed by atoms with Crippen molar-refractivity contribution in [2.45, 2.75) is 16.1 Å². The Bertz CT molecular complexity index is 406. The second-order valence-corrected chi connectivity index (χ2v) is 6.76. The first-order valence-corrected chi connectivity index (χ1v) is 7.24. The number of nitrogens with one attached hydrogen (secondary N) is 1. The lowest BCUT2D eigenvalue weighted by Crippen LogP contribution is -2.41. The van der Waals surface area contributed by atoms with E-state index < -0.39 is 9.17 Å². The van der Waals surface area contributed by atoms with Crippen LogP contribution in [0, 0.1) is 6.92 Å². The highest BCUT2D eigenvalue weighted by Gasteiger charge is 2.33. The fourth-order valence-electron chi connectivity index (χ4n) is 1.30. The van der Waals surface area contributed by atoms with Crippen LogP contribution in [-0.2, 0) is 0 Å². The van der Waals surface area contributed by atoms with Gasteiger partial charge in [-0.3, -0.25) is 4.79 Å². The minimum absolute atomic E-state index is 0.242. The number of amides is 1. The van der Waals surface area contributed by atoms with Gasteiger partial charge in [0.25, 0.3) is 5.91 Å². The van der Waals surface area contributed by atoms with Crippen LogP contribution >= 0.6 is 46.6 Å². The van der Waals surface area contributed by atoms with Gasteiger partial charge in [0.05, 0.1) is 0 Å². The normalized spacial score (nSPS) is 13.2. The average Bonchev–Trinajstić information content (AvgIpc) is 2.24. The molecule has 94 valence electrons. The van der Waals surface area contributed by atoms with Crippen LogP contribution in [0.3, 0.4) is 0 Å². The van der Waals surface area contributed by atoms with Gasteiger partial charge in [-0.2, -0.15) is 0 Å². The summed E-state index contributed by atoms with van der Waals surface area (Å²) >= 11 is 18.6. The molecule has 0 aliphatic rings. The first-order chi connectivity index (χ1) is 7.86. The number of aryl methyl sites for hydroxylation is 1.